The van der Waals surface area contributed by atoms with E-state index in [9.17, 15) is 14.4 Å². The van der Waals surface area contributed by atoms with Crippen LogP contribution in [0.5, 0.6) is 0 Å². The normalized spacial score (nSPS) is 31.4. The van der Waals surface area contributed by atoms with Crippen molar-refractivity contribution >= 4 is 17.7 Å². The van der Waals surface area contributed by atoms with Gasteiger partial charge in [-0.05, 0) is 48.3 Å². The molecule has 4 aliphatic rings. The van der Waals surface area contributed by atoms with Crippen LogP contribution in [0.25, 0.3) is 0 Å². The van der Waals surface area contributed by atoms with Crippen molar-refractivity contribution in [3.8, 4) is 0 Å². The molecule has 3 N–H and O–H groups in total. The standard InChI is InChI=1S/C21H26N4O3/c26-17-5-4-16(19(27)24-17)25-10-14-3-1-2-13(18(14)20(25)28)8-22-11-21-7-6-15(21)9-23-12-21/h1-3,15-16,22-23H,4-12H2,(H,24,26,27)/t15-,16?,21-/m0/s1. The van der Waals surface area contributed by atoms with Crippen molar-refractivity contribution in [3.63, 3.8) is 0 Å². The molecule has 0 spiro atoms. The number of rotatable bonds is 5. The number of piperidine rings is 1. The second kappa shape index (κ2) is 6.67. The predicted molar refractivity (Wildman–Crippen MR) is 102 cm³/mol. The molecule has 5 rings (SSSR count). The molecule has 3 atom stereocenters. The lowest BCUT2D eigenvalue weighted by Gasteiger charge is -2.44. The first kappa shape index (κ1) is 17.8. The van der Waals surface area contributed by atoms with Crippen LogP contribution in [-0.2, 0) is 22.7 Å². The molecule has 0 radical (unpaired) electrons. The third-order valence-corrected chi connectivity index (χ3v) is 7.16. The zero-order valence-corrected chi connectivity index (χ0v) is 15.9. The summed E-state index contributed by atoms with van der Waals surface area (Å²) in [5.41, 5.74) is 3.08. The lowest BCUT2D eigenvalue weighted by Crippen LogP contribution is -2.52. The molecule has 2 saturated heterocycles. The molecule has 1 aromatic rings. The Hall–Kier alpha value is -2.25. The minimum absolute atomic E-state index is 0.0934. The van der Waals surface area contributed by atoms with Crippen molar-refractivity contribution in [3.05, 3.63) is 34.9 Å². The zero-order chi connectivity index (χ0) is 19.3. The number of nitrogens with zero attached hydrogens (tertiary/aromatic N) is 1. The molecule has 28 heavy (non-hydrogen) atoms. The molecule has 3 heterocycles. The summed E-state index contributed by atoms with van der Waals surface area (Å²) >= 11 is 0. The SMILES string of the molecule is O=C1CCC(N2Cc3cccc(CNC[C@]45CC[C@H]4CNC5)c3C2=O)C(=O)N1. The average molecular weight is 382 g/mol. The summed E-state index contributed by atoms with van der Waals surface area (Å²) in [6.45, 7) is 4.28. The van der Waals surface area contributed by atoms with Crippen LogP contribution >= 0.6 is 0 Å². The fourth-order valence-corrected chi connectivity index (χ4v) is 5.38. The highest BCUT2D eigenvalue weighted by atomic mass is 16.2. The number of benzene rings is 1. The molecule has 1 unspecified atom stereocenters. The molecule has 1 aromatic carbocycles. The molecule has 1 aliphatic carbocycles. The summed E-state index contributed by atoms with van der Waals surface area (Å²) in [5, 5.41) is 9.46. The van der Waals surface area contributed by atoms with E-state index in [0.717, 1.165) is 42.2 Å². The maximum absolute atomic E-state index is 13.1. The van der Waals surface area contributed by atoms with Crippen molar-refractivity contribution in [2.75, 3.05) is 19.6 Å². The average Bonchev–Trinajstić information content (AvgIpc) is 3.14. The van der Waals surface area contributed by atoms with Crippen molar-refractivity contribution in [2.45, 2.75) is 44.8 Å². The maximum Gasteiger partial charge on any atom is 0.255 e. The number of amides is 3. The lowest BCUT2D eigenvalue weighted by atomic mass is 9.62. The quantitative estimate of drug-likeness (QED) is 0.647. The molecule has 1 saturated carbocycles. The van der Waals surface area contributed by atoms with Gasteiger partial charge in [0.05, 0.1) is 0 Å². The highest BCUT2D eigenvalue weighted by Crippen LogP contribution is 2.48. The summed E-state index contributed by atoms with van der Waals surface area (Å²) in [4.78, 5) is 38.4. The number of hydrogen-bond acceptors (Lipinski definition) is 5. The predicted octanol–water partition coefficient (Wildman–Crippen LogP) is 0.537. The summed E-state index contributed by atoms with van der Waals surface area (Å²) in [5.74, 6) is 0.0709. The van der Waals surface area contributed by atoms with Crippen molar-refractivity contribution < 1.29 is 14.4 Å². The van der Waals surface area contributed by atoms with Gasteiger partial charge >= 0.3 is 0 Å². The van der Waals surface area contributed by atoms with Crippen LogP contribution < -0.4 is 16.0 Å². The number of carbonyl (C=O) groups excluding carboxylic acids is 3. The Morgan fingerprint density at radius 2 is 2.11 bits per heavy atom. The number of hydrogen-bond donors (Lipinski definition) is 3. The largest absolute Gasteiger partial charge is 0.322 e. The lowest BCUT2D eigenvalue weighted by molar-refractivity contribution is -0.136. The van der Waals surface area contributed by atoms with E-state index in [1.54, 1.807) is 4.90 Å². The Morgan fingerprint density at radius 3 is 2.86 bits per heavy atom. The number of imide groups is 1. The smallest absolute Gasteiger partial charge is 0.255 e. The van der Waals surface area contributed by atoms with Gasteiger partial charge in [-0.1, -0.05) is 18.2 Å². The molecule has 7 nitrogen and oxygen atoms in total. The summed E-state index contributed by atoms with van der Waals surface area (Å²) in [7, 11) is 0. The van der Waals surface area contributed by atoms with Crippen LogP contribution in [0.15, 0.2) is 18.2 Å². The number of nitrogens with one attached hydrogen (secondary N) is 3. The molecule has 0 aromatic heterocycles. The van der Waals surface area contributed by atoms with E-state index in [0.29, 0.717) is 24.9 Å². The molecule has 7 heteroatoms. The van der Waals surface area contributed by atoms with E-state index in [1.165, 1.54) is 12.8 Å². The Labute approximate surface area is 164 Å². The van der Waals surface area contributed by atoms with Gasteiger partial charge in [-0.25, -0.2) is 0 Å². The van der Waals surface area contributed by atoms with Crippen LogP contribution in [0.3, 0.4) is 0 Å². The van der Waals surface area contributed by atoms with Gasteiger partial charge in [0.2, 0.25) is 11.8 Å². The molecule has 148 valence electrons. The van der Waals surface area contributed by atoms with Crippen molar-refractivity contribution in [1.29, 1.82) is 0 Å². The maximum atomic E-state index is 13.1. The Bertz CT molecular complexity index is 854. The number of carbonyl (C=O) groups is 3. The van der Waals surface area contributed by atoms with Crippen molar-refractivity contribution in [1.82, 2.24) is 20.9 Å². The first-order chi connectivity index (χ1) is 13.6. The van der Waals surface area contributed by atoms with E-state index in [1.807, 2.05) is 18.2 Å². The highest BCUT2D eigenvalue weighted by molar-refractivity contribution is 6.05. The van der Waals surface area contributed by atoms with Crippen LogP contribution in [0.2, 0.25) is 0 Å². The molecule has 0 bridgehead atoms. The van der Waals surface area contributed by atoms with Gasteiger partial charge in [-0.15, -0.1) is 0 Å². The first-order valence-electron chi connectivity index (χ1n) is 10.2. The van der Waals surface area contributed by atoms with E-state index in [-0.39, 0.29) is 24.1 Å². The fourth-order valence-electron chi connectivity index (χ4n) is 5.38. The van der Waals surface area contributed by atoms with Gasteiger partial charge < -0.3 is 15.5 Å². The van der Waals surface area contributed by atoms with Gasteiger partial charge in [0.25, 0.3) is 5.91 Å². The van der Waals surface area contributed by atoms with E-state index in [2.05, 4.69) is 16.0 Å². The summed E-state index contributed by atoms with van der Waals surface area (Å²) in [6, 6.07) is 5.39. The van der Waals surface area contributed by atoms with E-state index >= 15 is 0 Å². The van der Waals surface area contributed by atoms with Crippen LogP contribution in [0.1, 0.15) is 47.2 Å². The topological polar surface area (TPSA) is 90.5 Å². The Morgan fingerprint density at radius 1 is 1.21 bits per heavy atom. The molecule has 3 fully saturated rings. The van der Waals surface area contributed by atoms with Crippen LogP contribution in [0.4, 0.5) is 0 Å². The molecule has 3 amide bonds. The van der Waals surface area contributed by atoms with Crippen LogP contribution in [0, 0.1) is 11.3 Å². The second-order valence-electron chi connectivity index (χ2n) is 8.68. The van der Waals surface area contributed by atoms with Crippen molar-refractivity contribution in [2.24, 2.45) is 11.3 Å². The van der Waals surface area contributed by atoms with E-state index in [4.69, 9.17) is 0 Å². The number of fused-ring (bicyclic) bond motifs is 2. The van der Waals surface area contributed by atoms with Gasteiger partial charge in [0.1, 0.15) is 6.04 Å². The minimum Gasteiger partial charge on any atom is -0.322 e. The first-order valence-corrected chi connectivity index (χ1v) is 10.2. The third-order valence-electron chi connectivity index (χ3n) is 7.16. The highest BCUT2D eigenvalue weighted by Gasteiger charge is 2.49. The minimum atomic E-state index is -0.558. The fraction of sp³-hybridized carbons (Fsp3) is 0.571. The second-order valence-corrected chi connectivity index (χ2v) is 8.68. The van der Waals surface area contributed by atoms with E-state index < -0.39 is 6.04 Å². The van der Waals surface area contributed by atoms with Gasteiger partial charge in [0.15, 0.2) is 0 Å². The molecule has 3 aliphatic heterocycles. The third kappa shape index (κ3) is 2.76. The van der Waals surface area contributed by atoms with Gasteiger partial charge in [0, 0.05) is 38.2 Å². The zero-order valence-electron chi connectivity index (χ0n) is 15.9. The summed E-state index contributed by atoms with van der Waals surface area (Å²) < 4.78 is 0. The molecular formula is C21H26N4O3. The Balaban J connectivity index is 1.29. The van der Waals surface area contributed by atoms with Gasteiger partial charge in [-0.3, -0.25) is 19.7 Å². The van der Waals surface area contributed by atoms with Gasteiger partial charge in [-0.2, -0.15) is 0 Å². The molecular weight excluding hydrogens is 356 g/mol. The summed E-state index contributed by atoms with van der Waals surface area (Å²) in [6.07, 6.45) is 3.26. The Kier molecular flexibility index (Phi) is 4.25. The monoisotopic (exact) mass is 382 g/mol. The van der Waals surface area contributed by atoms with Crippen LogP contribution in [-0.4, -0.2) is 48.3 Å².